The molecule has 0 aliphatic heterocycles. The van der Waals surface area contributed by atoms with E-state index >= 15 is 0 Å². The predicted octanol–water partition coefficient (Wildman–Crippen LogP) is 2.42. The Morgan fingerprint density at radius 1 is 1.53 bits per heavy atom. The number of aryl methyl sites for hydroxylation is 1. The van der Waals surface area contributed by atoms with Crippen LogP contribution < -0.4 is 5.73 Å². The van der Waals surface area contributed by atoms with Gasteiger partial charge in [0.05, 0.1) is 0 Å². The fourth-order valence-corrected chi connectivity index (χ4v) is 2.95. The van der Waals surface area contributed by atoms with E-state index in [1.807, 2.05) is 0 Å². The molecule has 0 saturated carbocycles. The van der Waals surface area contributed by atoms with Gasteiger partial charge in [-0.1, -0.05) is 11.8 Å². The number of nitrogens with one attached hydrogen (secondary N) is 1. The maximum absolute atomic E-state index is 13.1. The standard InChI is InChI=1S/C10H9FN4S2/c1-5-14-10(17-15-5)16-8-3-2-6(11)4-7(8)9(12)13/h2-4H,1H3,(H3,12,13). The van der Waals surface area contributed by atoms with E-state index in [1.54, 1.807) is 13.0 Å². The summed E-state index contributed by atoms with van der Waals surface area (Å²) in [6, 6.07) is 4.18. The zero-order valence-corrected chi connectivity index (χ0v) is 10.5. The highest BCUT2D eigenvalue weighted by atomic mass is 32.2. The number of aromatic nitrogens is 2. The number of nitrogen functional groups attached to an aromatic ring is 1. The van der Waals surface area contributed by atoms with Gasteiger partial charge in [-0.25, -0.2) is 9.37 Å². The molecule has 0 amide bonds. The van der Waals surface area contributed by atoms with Crippen molar-refractivity contribution >= 4 is 29.1 Å². The van der Waals surface area contributed by atoms with E-state index in [1.165, 1.54) is 35.4 Å². The summed E-state index contributed by atoms with van der Waals surface area (Å²) in [5, 5.41) is 7.41. The van der Waals surface area contributed by atoms with Crippen LogP contribution in [0.3, 0.4) is 0 Å². The van der Waals surface area contributed by atoms with Crippen LogP contribution in [0.25, 0.3) is 0 Å². The molecule has 17 heavy (non-hydrogen) atoms. The lowest BCUT2D eigenvalue weighted by Crippen LogP contribution is -2.12. The second-order valence-electron chi connectivity index (χ2n) is 3.26. The quantitative estimate of drug-likeness (QED) is 0.662. The SMILES string of the molecule is Cc1nsc(Sc2ccc(F)cc2C(=N)N)n1. The summed E-state index contributed by atoms with van der Waals surface area (Å²) in [6.07, 6.45) is 0. The van der Waals surface area contributed by atoms with Crippen LogP contribution >= 0.6 is 23.3 Å². The van der Waals surface area contributed by atoms with E-state index in [-0.39, 0.29) is 5.84 Å². The first-order valence-electron chi connectivity index (χ1n) is 4.68. The molecule has 0 radical (unpaired) electrons. The van der Waals surface area contributed by atoms with Gasteiger partial charge in [-0.3, -0.25) is 5.41 Å². The normalized spacial score (nSPS) is 10.5. The monoisotopic (exact) mass is 268 g/mol. The summed E-state index contributed by atoms with van der Waals surface area (Å²) in [4.78, 5) is 4.90. The summed E-state index contributed by atoms with van der Waals surface area (Å²) in [5.41, 5.74) is 5.79. The average Bonchev–Trinajstić information content (AvgIpc) is 2.66. The third-order valence-electron chi connectivity index (χ3n) is 1.94. The van der Waals surface area contributed by atoms with Crippen LogP contribution in [0.4, 0.5) is 4.39 Å². The molecule has 0 fully saturated rings. The second-order valence-corrected chi connectivity index (χ2v) is 5.30. The smallest absolute Gasteiger partial charge is 0.174 e. The van der Waals surface area contributed by atoms with Gasteiger partial charge in [-0.2, -0.15) is 4.37 Å². The summed E-state index contributed by atoms with van der Waals surface area (Å²) in [6.45, 7) is 1.80. The highest BCUT2D eigenvalue weighted by Crippen LogP contribution is 2.31. The largest absolute Gasteiger partial charge is 0.384 e. The molecule has 3 N–H and O–H groups in total. The molecule has 88 valence electrons. The van der Waals surface area contributed by atoms with Crippen molar-refractivity contribution in [1.82, 2.24) is 9.36 Å². The average molecular weight is 268 g/mol. The van der Waals surface area contributed by atoms with Crippen molar-refractivity contribution in [2.75, 3.05) is 0 Å². The number of hydrogen-bond acceptors (Lipinski definition) is 5. The van der Waals surface area contributed by atoms with E-state index in [0.717, 1.165) is 4.34 Å². The summed E-state index contributed by atoms with van der Waals surface area (Å²) in [7, 11) is 0. The van der Waals surface area contributed by atoms with E-state index in [0.29, 0.717) is 16.3 Å². The Morgan fingerprint density at radius 2 is 2.29 bits per heavy atom. The Morgan fingerprint density at radius 3 is 2.88 bits per heavy atom. The van der Waals surface area contributed by atoms with Gasteiger partial charge in [-0.15, -0.1) is 0 Å². The molecule has 2 aromatic rings. The topological polar surface area (TPSA) is 75.7 Å². The summed E-state index contributed by atoms with van der Waals surface area (Å²) >= 11 is 2.60. The number of nitrogens with two attached hydrogens (primary N) is 1. The van der Waals surface area contributed by atoms with E-state index < -0.39 is 5.82 Å². The van der Waals surface area contributed by atoms with Crippen molar-refractivity contribution in [2.24, 2.45) is 5.73 Å². The number of benzene rings is 1. The molecule has 1 heterocycles. The Hall–Kier alpha value is -1.47. The minimum Gasteiger partial charge on any atom is -0.384 e. The molecule has 7 heteroatoms. The van der Waals surface area contributed by atoms with Crippen LogP contribution in [0.5, 0.6) is 0 Å². The third-order valence-corrected chi connectivity index (χ3v) is 3.86. The van der Waals surface area contributed by atoms with Gasteiger partial charge in [0.25, 0.3) is 0 Å². The maximum atomic E-state index is 13.1. The Bertz CT molecular complexity index is 567. The fourth-order valence-electron chi connectivity index (χ4n) is 1.22. The Kier molecular flexibility index (Phi) is 3.39. The molecule has 0 atom stereocenters. The van der Waals surface area contributed by atoms with Gasteiger partial charge in [-0.05, 0) is 36.7 Å². The Labute approximate surface area is 106 Å². The van der Waals surface area contributed by atoms with Crippen molar-refractivity contribution in [2.45, 2.75) is 16.2 Å². The zero-order valence-electron chi connectivity index (χ0n) is 8.90. The zero-order chi connectivity index (χ0) is 12.4. The summed E-state index contributed by atoms with van der Waals surface area (Å²) in [5.74, 6) is 0.130. The second kappa shape index (κ2) is 4.80. The van der Waals surface area contributed by atoms with E-state index in [2.05, 4.69) is 9.36 Å². The molecular formula is C10H9FN4S2. The van der Waals surface area contributed by atoms with Crippen molar-refractivity contribution in [1.29, 1.82) is 5.41 Å². The van der Waals surface area contributed by atoms with Gasteiger partial charge < -0.3 is 5.73 Å². The first-order chi connectivity index (χ1) is 8.06. The van der Waals surface area contributed by atoms with Crippen LogP contribution in [-0.4, -0.2) is 15.2 Å². The van der Waals surface area contributed by atoms with E-state index in [9.17, 15) is 4.39 Å². The molecule has 0 unspecified atom stereocenters. The highest BCUT2D eigenvalue weighted by Gasteiger charge is 2.10. The molecule has 4 nitrogen and oxygen atoms in total. The summed E-state index contributed by atoms with van der Waals surface area (Å²) < 4.78 is 17.9. The first kappa shape index (κ1) is 12.0. The maximum Gasteiger partial charge on any atom is 0.174 e. The number of rotatable bonds is 3. The molecule has 0 bridgehead atoms. The minimum absolute atomic E-state index is 0.159. The molecule has 1 aromatic heterocycles. The van der Waals surface area contributed by atoms with Crippen LogP contribution in [0.15, 0.2) is 27.4 Å². The molecule has 0 aliphatic rings. The molecular weight excluding hydrogens is 259 g/mol. The lowest BCUT2D eigenvalue weighted by atomic mass is 10.2. The fraction of sp³-hybridized carbons (Fsp3) is 0.100. The number of halogens is 1. The van der Waals surface area contributed by atoms with Gasteiger partial charge in [0.2, 0.25) is 0 Å². The Balaban J connectivity index is 2.35. The van der Waals surface area contributed by atoms with Crippen LogP contribution in [0.2, 0.25) is 0 Å². The molecule has 0 saturated heterocycles. The molecule has 1 aromatic carbocycles. The van der Waals surface area contributed by atoms with Crippen molar-refractivity contribution < 1.29 is 4.39 Å². The van der Waals surface area contributed by atoms with Gasteiger partial charge >= 0.3 is 0 Å². The van der Waals surface area contributed by atoms with Crippen molar-refractivity contribution in [3.63, 3.8) is 0 Å². The van der Waals surface area contributed by atoms with Gasteiger partial charge in [0.15, 0.2) is 4.34 Å². The molecule has 0 aliphatic carbocycles. The number of amidine groups is 1. The van der Waals surface area contributed by atoms with Crippen LogP contribution in [0, 0.1) is 18.2 Å². The first-order valence-corrected chi connectivity index (χ1v) is 6.27. The number of hydrogen-bond donors (Lipinski definition) is 2. The highest BCUT2D eigenvalue weighted by molar-refractivity contribution is 8.01. The lowest BCUT2D eigenvalue weighted by molar-refractivity contribution is 0.626. The van der Waals surface area contributed by atoms with Gasteiger partial charge in [0.1, 0.15) is 17.5 Å². The third kappa shape index (κ3) is 2.80. The lowest BCUT2D eigenvalue weighted by Gasteiger charge is -2.05. The minimum atomic E-state index is -0.409. The van der Waals surface area contributed by atoms with E-state index in [4.69, 9.17) is 11.1 Å². The van der Waals surface area contributed by atoms with Crippen LogP contribution in [0.1, 0.15) is 11.4 Å². The molecule has 0 spiro atoms. The predicted molar refractivity (Wildman–Crippen MR) is 66.2 cm³/mol. The van der Waals surface area contributed by atoms with Gasteiger partial charge in [0, 0.05) is 10.5 Å². The van der Waals surface area contributed by atoms with Crippen molar-refractivity contribution in [3.05, 3.63) is 35.4 Å². The van der Waals surface area contributed by atoms with Crippen LogP contribution in [-0.2, 0) is 0 Å². The van der Waals surface area contributed by atoms with Crippen molar-refractivity contribution in [3.8, 4) is 0 Å². The molecule has 2 rings (SSSR count). The number of nitrogens with zero attached hydrogens (tertiary/aromatic N) is 2.